The van der Waals surface area contributed by atoms with Crippen molar-refractivity contribution in [3.8, 4) is 0 Å². The summed E-state index contributed by atoms with van der Waals surface area (Å²) in [5.41, 5.74) is 0.740. The van der Waals surface area contributed by atoms with E-state index in [4.69, 9.17) is 11.6 Å². The largest absolute Gasteiger partial charge is 0.382 e. The second kappa shape index (κ2) is 5.78. The Morgan fingerprint density at radius 1 is 1.32 bits per heavy atom. The Labute approximate surface area is 118 Å². The fourth-order valence-corrected chi connectivity index (χ4v) is 3.09. The van der Waals surface area contributed by atoms with Crippen LogP contribution in [0.5, 0.6) is 0 Å². The van der Waals surface area contributed by atoms with Crippen molar-refractivity contribution in [3.05, 3.63) is 33.3 Å². The van der Waals surface area contributed by atoms with Crippen molar-refractivity contribution in [3.63, 3.8) is 0 Å². The first-order chi connectivity index (χ1) is 8.99. The Kier molecular flexibility index (Phi) is 4.30. The molecule has 1 aliphatic carbocycles. The van der Waals surface area contributed by atoms with Gasteiger partial charge in [-0.15, -0.1) is 0 Å². The summed E-state index contributed by atoms with van der Waals surface area (Å²) in [5, 5.41) is 14.5. The quantitative estimate of drug-likeness (QED) is 0.657. The molecule has 0 heterocycles. The van der Waals surface area contributed by atoms with Crippen LogP contribution in [0.2, 0.25) is 5.02 Å². The first-order valence-corrected chi connectivity index (χ1v) is 7.07. The molecular weight excluding hydrogens is 264 g/mol. The number of nitro groups is 1. The Hall–Kier alpha value is -1.29. The van der Waals surface area contributed by atoms with Crippen LogP contribution in [0.15, 0.2) is 18.2 Å². The van der Waals surface area contributed by atoms with E-state index in [2.05, 4.69) is 19.2 Å². The van der Waals surface area contributed by atoms with Crippen molar-refractivity contribution < 1.29 is 4.92 Å². The van der Waals surface area contributed by atoms with Gasteiger partial charge in [-0.3, -0.25) is 10.1 Å². The van der Waals surface area contributed by atoms with Crippen molar-refractivity contribution in [2.45, 2.75) is 39.2 Å². The number of nitro benzene ring substituents is 1. The van der Waals surface area contributed by atoms with E-state index in [9.17, 15) is 10.1 Å². The van der Waals surface area contributed by atoms with Gasteiger partial charge in [0, 0.05) is 17.8 Å². The van der Waals surface area contributed by atoms with Crippen LogP contribution in [0.1, 0.15) is 33.1 Å². The molecule has 4 nitrogen and oxygen atoms in total. The van der Waals surface area contributed by atoms with Gasteiger partial charge in [0.15, 0.2) is 0 Å². The molecule has 2 rings (SSSR count). The van der Waals surface area contributed by atoms with Gasteiger partial charge >= 0.3 is 0 Å². The molecule has 1 aromatic rings. The van der Waals surface area contributed by atoms with E-state index in [1.807, 2.05) is 6.07 Å². The molecular formula is C14H19ClN2O2. The van der Waals surface area contributed by atoms with Crippen molar-refractivity contribution in [1.82, 2.24) is 0 Å². The Morgan fingerprint density at radius 3 is 2.53 bits per heavy atom. The van der Waals surface area contributed by atoms with Gasteiger partial charge in [-0.1, -0.05) is 31.9 Å². The molecule has 0 radical (unpaired) electrons. The lowest BCUT2D eigenvalue weighted by molar-refractivity contribution is -0.384. The minimum absolute atomic E-state index is 0.0391. The van der Waals surface area contributed by atoms with E-state index >= 15 is 0 Å². The first-order valence-electron chi connectivity index (χ1n) is 6.69. The average Bonchev–Trinajstić information content (AvgIpc) is 2.35. The summed E-state index contributed by atoms with van der Waals surface area (Å²) in [5.74, 6) is 1.16. The monoisotopic (exact) mass is 282 g/mol. The predicted octanol–water partition coefficient (Wildman–Crippen LogP) is 4.48. The third kappa shape index (κ3) is 3.18. The van der Waals surface area contributed by atoms with Gasteiger partial charge in [-0.2, -0.15) is 0 Å². The number of rotatable bonds is 3. The van der Waals surface area contributed by atoms with Gasteiger partial charge in [0.25, 0.3) is 5.69 Å². The van der Waals surface area contributed by atoms with E-state index in [0.717, 1.165) is 5.69 Å². The highest BCUT2D eigenvalue weighted by atomic mass is 35.5. The van der Waals surface area contributed by atoms with Crippen LogP contribution in [-0.4, -0.2) is 11.0 Å². The van der Waals surface area contributed by atoms with Crippen LogP contribution in [-0.2, 0) is 0 Å². The van der Waals surface area contributed by atoms with Crippen molar-refractivity contribution in [2.75, 3.05) is 5.32 Å². The Morgan fingerprint density at radius 2 is 1.95 bits per heavy atom. The van der Waals surface area contributed by atoms with E-state index in [-0.39, 0.29) is 10.7 Å². The van der Waals surface area contributed by atoms with E-state index < -0.39 is 4.92 Å². The Balaban J connectivity index is 2.18. The van der Waals surface area contributed by atoms with Crippen molar-refractivity contribution in [2.24, 2.45) is 11.8 Å². The summed E-state index contributed by atoms with van der Waals surface area (Å²) >= 11 is 5.82. The second-order valence-electron chi connectivity index (χ2n) is 5.48. The summed E-state index contributed by atoms with van der Waals surface area (Å²) in [6, 6.07) is 5.29. The van der Waals surface area contributed by atoms with Crippen LogP contribution in [0, 0.1) is 22.0 Å². The fraction of sp³-hybridized carbons (Fsp3) is 0.571. The molecule has 1 aromatic carbocycles. The number of hydrogen-bond donors (Lipinski definition) is 1. The molecule has 2 atom stereocenters. The Bertz CT molecular complexity index is 469. The normalized spacial score (nSPS) is 27.0. The van der Waals surface area contributed by atoms with Crippen molar-refractivity contribution >= 4 is 23.0 Å². The molecule has 1 N–H and O–H groups in total. The predicted molar refractivity (Wildman–Crippen MR) is 77.7 cm³/mol. The molecule has 0 amide bonds. The van der Waals surface area contributed by atoms with Gasteiger partial charge in [-0.25, -0.2) is 0 Å². The second-order valence-corrected chi connectivity index (χ2v) is 5.89. The molecule has 0 aromatic heterocycles. The first kappa shape index (κ1) is 14.1. The van der Waals surface area contributed by atoms with Gasteiger partial charge < -0.3 is 5.32 Å². The zero-order valence-electron chi connectivity index (χ0n) is 11.2. The van der Waals surface area contributed by atoms with Crippen molar-refractivity contribution in [1.29, 1.82) is 0 Å². The van der Waals surface area contributed by atoms with Gasteiger partial charge in [-0.05, 0) is 36.8 Å². The lowest BCUT2D eigenvalue weighted by Gasteiger charge is -2.35. The highest BCUT2D eigenvalue weighted by Crippen LogP contribution is 2.33. The van der Waals surface area contributed by atoms with Gasteiger partial charge in [0.1, 0.15) is 5.02 Å². The lowest BCUT2D eigenvalue weighted by Crippen LogP contribution is -2.37. The maximum atomic E-state index is 10.9. The fourth-order valence-electron chi connectivity index (χ4n) is 2.90. The third-order valence-corrected chi connectivity index (χ3v) is 4.34. The molecule has 1 fully saturated rings. The standard InChI is InChI=1S/C14H19ClN2O2/c1-9-4-3-5-10(2)14(9)16-11-6-7-12(15)13(8-11)17(18)19/h6-10,14,16H,3-5H2,1-2H3. The number of hydrogen-bond acceptors (Lipinski definition) is 3. The number of nitrogens with zero attached hydrogens (tertiary/aromatic N) is 1. The molecule has 5 heteroatoms. The van der Waals surface area contributed by atoms with E-state index in [1.165, 1.54) is 25.3 Å². The van der Waals surface area contributed by atoms with Crippen LogP contribution in [0.4, 0.5) is 11.4 Å². The summed E-state index contributed by atoms with van der Waals surface area (Å²) < 4.78 is 0. The van der Waals surface area contributed by atoms with Gasteiger partial charge in [0.05, 0.1) is 4.92 Å². The molecule has 0 bridgehead atoms. The van der Waals surface area contributed by atoms with Crippen LogP contribution in [0.25, 0.3) is 0 Å². The van der Waals surface area contributed by atoms with Crippen LogP contribution in [0.3, 0.4) is 0 Å². The molecule has 0 aliphatic heterocycles. The van der Waals surface area contributed by atoms with E-state index in [0.29, 0.717) is 17.9 Å². The highest BCUT2D eigenvalue weighted by molar-refractivity contribution is 6.32. The summed E-state index contributed by atoms with van der Waals surface area (Å²) in [6.45, 7) is 4.47. The SMILES string of the molecule is CC1CCCC(C)C1Nc1ccc(Cl)c([N+](=O)[O-])c1. The molecule has 1 aliphatic rings. The van der Waals surface area contributed by atoms with Crippen LogP contribution < -0.4 is 5.32 Å². The molecule has 104 valence electrons. The molecule has 2 unspecified atom stereocenters. The average molecular weight is 283 g/mol. The third-order valence-electron chi connectivity index (χ3n) is 4.02. The summed E-state index contributed by atoms with van der Waals surface area (Å²) in [6.07, 6.45) is 3.68. The highest BCUT2D eigenvalue weighted by Gasteiger charge is 2.27. The zero-order valence-corrected chi connectivity index (χ0v) is 12.0. The number of halogens is 1. The minimum atomic E-state index is -0.443. The molecule has 1 saturated carbocycles. The number of nitrogens with one attached hydrogen (secondary N) is 1. The molecule has 19 heavy (non-hydrogen) atoms. The zero-order chi connectivity index (χ0) is 14.0. The van der Waals surface area contributed by atoms with Gasteiger partial charge in [0.2, 0.25) is 0 Å². The van der Waals surface area contributed by atoms with E-state index in [1.54, 1.807) is 6.07 Å². The maximum absolute atomic E-state index is 10.9. The van der Waals surface area contributed by atoms with Crippen LogP contribution >= 0.6 is 11.6 Å². The number of anilines is 1. The molecule has 0 saturated heterocycles. The molecule has 0 spiro atoms. The smallest absolute Gasteiger partial charge is 0.289 e. The summed E-state index contributed by atoms with van der Waals surface area (Å²) in [4.78, 5) is 10.4. The topological polar surface area (TPSA) is 55.2 Å². The lowest BCUT2D eigenvalue weighted by atomic mass is 9.78. The maximum Gasteiger partial charge on any atom is 0.289 e. The minimum Gasteiger partial charge on any atom is -0.382 e. The summed E-state index contributed by atoms with van der Waals surface area (Å²) in [7, 11) is 0. The number of benzene rings is 1.